The van der Waals surface area contributed by atoms with E-state index in [1.165, 1.54) is 19.2 Å². The summed E-state index contributed by atoms with van der Waals surface area (Å²) in [7, 11) is -2.37. The van der Waals surface area contributed by atoms with E-state index in [2.05, 4.69) is 24.8 Å². The van der Waals surface area contributed by atoms with Gasteiger partial charge in [0.05, 0.1) is 42.7 Å². The van der Waals surface area contributed by atoms with Crippen molar-refractivity contribution in [1.29, 1.82) is 0 Å². The fourth-order valence-electron chi connectivity index (χ4n) is 5.65. The van der Waals surface area contributed by atoms with Crippen molar-refractivity contribution in [2.45, 2.75) is 42.7 Å². The lowest BCUT2D eigenvalue weighted by Gasteiger charge is -2.57. The first-order valence-electron chi connectivity index (χ1n) is 12.8. The smallest absolute Gasteiger partial charge is 0.309 e. The van der Waals surface area contributed by atoms with Gasteiger partial charge in [-0.05, 0) is 61.2 Å². The van der Waals surface area contributed by atoms with Crippen molar-refractivity contribution in [1.82, 2.24) is 9.97 Å². The molecule has 4 aliphatic rings. The third-order valence-electron chi connectivity index (χ3n) is 7.54. The Bertz CT molecular complexity index is 1540. The molecule has 2 unspecified atom stereocenters. The van der Waals surface area contributed by atoms with E-state index in [0.717, 1.165) is 25.2 Å². The number of piperidine rings is 1. The van der Waals surface area contributed by atoms with Gasteiger partial charge in [-0.1, -0.05) is 17.7 Å². The van der Waals surface area contributed by atoms with Crippen molar-refractivity contribution in [3.63, 3.8) is 0 Å². The SMILES string of the molecule is COC(=O)Cc1ccc(Nc2nc(N3C4CC3CN(c3ccc(Cl)cc3)C4)nc3c2S(=O)(=O)CCC3)c(F)c1. The van der Waals surface area contributed by atoms with Gasteiger partial charge in [0.15, 0.2) is 15.7 Å². The molecule has 204 valence electrons. The highest BCUT2D eigenvalue weighted by atomic mass is 35.5. The molecule has 7 rings (SSSR count). The standard InChI is InChI=1S/C27H27ClFN5O4S/c1-38-24(35)12-16-4-9-22(21(29)11-16)30-26-25-23(3-2-10-39(25,36)37)31-27(32-26)34-19-13-20(34)15-33(14-19)18-7-5-17(28)6-8-18/h4-9,11,19-20H,2-3,10,12-15H2,1H3,(H,30,31,32). The molecule has 39 heavy (non-hydrogen) atoms. The van der Waals surface area contributed by atoms with E-state index in [4.69, 9.17) is 16.6 Å². The van der Waals surface area contributed by atoms with Gasteiger partial charge in [-0.25, -0.2) is 17.8 Å². The maximum absolute atomic E-state index is 15.0. The van der Waals surface area contributed by atoms with E-state index in [1.807, 2.05) is 24.3 Å². The maximum Gasteiger partial charge on any atom is 0.309 e. The number of rotatable bonds is 6. The number of sulfone groups is 1. The van der Waals surface area contributed by atoms with Gasteiger partial charge in [0.2, 0.25) is 5.95 Å². The van der Waals surface area contributed by atoms with Crippen LogP contribution in [0.4, 0.5) is 27.5 Å². The van der Waals surface area contributed by atoms with Crippen LogP contribution in [0.3, 0.4) is 0 Å². The number of nitrogens with one attached hydrogen (secondary N) is 1. The summed E-state index contributed by atoms with van der Waals surface area (Å²) in [4.78, 5) is 25.4. The lowest BCUT2D eigenvalue weighted by atomic mass is 9.87. The van der Waals surface area contributed by atoms with Gasteiger partial charge >= 0.3 is 5.97 Å². The summed E-state index contributed by atoms with van der Waals surface area (Å²) in [5, 5.41) is 3.62. The average molecular weight is 572 g/mol. The number of carbonyl (C=O) groups excluding carboxylic acids is 1. The van der Waals surface area contributed by atoms with Crippen molar-refractivity contribution < 1.29 is 22.3 Å². The molecule has 3 saturated heterocycles. The van der Waals surface area contributed by atoms with Gasteiger partial charge in [0.25, 0.3) is 0 Å². The Morgan fingerprint density at radius 3 is 2.59 bits per heavy atom. The van der Waals surface area contributed by atoms with Crippen molar-refractivity contribution in [3.05, 3.63) is 64.6 Å². The Kier molecular flexibility index (Phi) is 6.58. The molecule has 0 radical (unpaired) electrons. The molecule has 0 aliphatic carbocycles. The normalized spacial score (nSPS) is 21.1. The largest absolute Gasteiger partial charge is 0.469 e. The number of benzene rings is 2. The number of carbonyl (C=O) groups is 1. The first-order chi connectivity index (χ1) is 18.7. The van der Waals surface area contributed by atoms with Crippen molar-refractivity contribution in [3.8, 4) is 0 Å². The minimum absolute atomic E-state index is 0.0110. The Hall–Kier alpha value is -3.44. The van der Waals surface area contributed by atoms with Crippen LogP contribution in [0.2, 0.25) is 5.02 Å². The lowest BCUT2D eigenvalue weighted by molar-refractivity contribution is -0.139. The zero-order valence-electron chi connectivity index (χ0n) is 21.2. The predicted molar refractivity (Wildman–Crippen MR) is 146 cm³/mol. The second-order valence-electron chi connectivity index (χ2n) is 10.1. The monoisotopic (exact) mass is 571 g/mol. The van der Waals surface area contributed by atoms with Crippen LogP contribution in [0.5, 0.6) is 0 Å². The first kappa shape index (κ1) is 25.8. The van der Waals surface area contributed by atoms with E-state index < -0.39 is 21.6 Å². The number of ether oxygens (including phenoxy) is 1. The summed E-state index contributed by atoms with van der Waals surface area (Å²) < 4.78 is 45.8. The fraction of sp³-hybridized carbons (Fsp3) is 0.370. The zero-order valence-corrected chi connectivity index (χ0v) is 22.8. The van der Waals surface area contributed by atoms with E-state index in [9.17, 15) is 13.2 Å². The molecule has 0 spiro atoms. The summed E-state index contributed by atoms with van der Waals surface area (Å²) in [6.07, 6.45) is 1.89. The molecule has 3 fully saturated rings. The van der Waals surface area contributed by atoms with Gasteiger partial charge in [0.1, 0.15) is 10.7 Å². The third kappa shape index (κ3) is 4.89. The third-order valence-corrected chi connectivity index (χ3v) is 9.67. The molecule has 0 amide bonds. The van der Waals surface area contributed by atoms with Gasteiger partial charge in [0, 0.05) is 23.8 Å². The van der Waals surface area contributed by atoms with Gasteiger partial charge in [-0.3, -0.25) is 4.79 Å². The summed E-state index contributed by atoms with van der Waals surface area (Å²) in [6, 6.07) is 12.4. The quantitative estimate of drug-likeness (QED) is 0.441. The number of esters is 1. The molecule has 12 heteroatoms. The van der Waals surface area contributed by atoms with Gasteiger partial charge in [-0.15, -0.1) is 0 Å². The lowest BCUT2D eigenvalue weighted by Crippen LogP contribution is -2.69. The van der Waals surface area contributed by atoms with E-state index >= 15 is 4.39 Å². The highest BCUT2D eigenvalue weighted by molar-refractivity contribution is 7.91. The molecule has 4 aliphatic heterocycles. The molecular weight excluding hydrogens is 545 g/mol. The zero-order chi connectivity index (χ0) is 27.3. The average Bonchev–Trinajstić information content (AvgIpc) is 2.90. The fourth-order valence-corrected chi connectivity index (χ4v) is 7.40. The van der Waals surface area contributed by atoms with Crippen LogP contribution in [-0.2, 0) is 32.2 Å². The number of anilines is 4. The van der Waals surface area contributed by atoms with Crippen LogP contribution in [-0.4, -0.2) is 62.4 Å². The number of nitrogens with zero attached hydrogens (tertiary/aromatic N) is 4. The molecule has 5 heterocycles. The molecule has 9 nitrogen and oxygen atoms in total. The van der Waals surface area contributed by atoms with E-state index in [1.54, 1.807) is 6.07 Å². The van der Waals surface area contributed by atoms with Gasteiger partial charge in [-0.2, -0.15) is 4.98 Å². The topological polar surface area (TPSA) is 105 Å². The van der Waals surface area contributed by atoms with Crippen LogP contribution in [0.15, 0.2) is 47.4 Å². The summed E-state index contributed by atoms with van der Waals surface area (Å²) >= 11 is 6.05. The summed E-state index contributed by atoms with van der Waals surface area (Å²) in [5.41, 5.74) is 2.06. The number of aryl methyl sites for hydroxylation is 1. The van der Waals surface area contributed by atoms with Crippen molar-refractivity contribution in [2.24, 2.45) is 0 Å². The molecule has 2 atom stereocenters. The number of fused-ring (bicyclic) bond motifs is 3. The summed E-state index contributed by atoms with van der Waals surface area (Å²) in [5.74, 6) is -0.589. The van der Waals surface area contributed by atoms with Gasteiger partial charge < -0.3 is 19.9 Å². The molecule has 1 N–H and O–H groups in total. The maximum atomic E-state index is 15.0. The Labute approximate surface area is 230 Å². The highest BCUT2D eigenvalue weighted by Gasteiger charge is 2.47. The number of aromatic nitrogens is 2. The second kappa shape index (κ2) is 9.95. The van der Waals surface area contributed by atoms with Crippen LogP contribution in [0, 0.1) is 5.82 Å². The minimum atomic E-state index is -3.64. The van der Waals surface area contributed by atoms with Crippen molar-refractivity contribution in [2.75, 3.05) is 41.1 Å². The highest BCUT2D eigenvalue weighted by Crippen LogP contribution is 2.40. The number of hydrogen-bond donors (Lipinski definition) is 1. The Morgan fingerprint density at radius 2 is 1.90 bits per heavy atom. The minimum Gasteiger partial charge on any atom is -0.469 e. The molecule has 2 bridgehead atoms. The molecule has 3 aromatic rings. The Morgan fingerprint density at radius 1 is 1.15 bits per heavy atom. The van der Waals surface area contributed by atoms with Crippen LogP contribution < -0.4 is 15.1 Å². The predicted octanol–water partition coefficient (Wildman–Crippen LogP) is 3.92. The molecule has 0 saturated carbocycles. The number of piperazine rings is 1. The van der Waals surface area contributed by atoms with E-state index in [0.29, 0.717) is 35.1 Å². The van der Waals surface area contributed by atoms with E-state index in [-0.39, 0.29) is 40.7 Å². The number of halogens is 2. The number of hydrogen-bond acceptors (Lipinski definition) is 9. The second-order valence-corrected chi connectivity index (χ2v) is 12.6. The van der Waals surface area contributed by atoms with Crippen LogP contribution >= 0.6 is 11.6 Å². The van der Waals surface area contributed by atoms with Crippen LogP contribution in [0.1, 0.15) is 24.1 Å². The molecular formula is C27H27ClFN5O4S. The first-order valence-corrected chi connectivity index (χ1v) is 14.8. The summed E-state index contributed by atoms with van der Waals surface area (Å²) in [6.45, 7) is 1.55. The molecule has 1 aromatic heterocycles. The van der Waals surface area contributed by atoms with Crippen molar-refractivity contribution >= 4 is 50.5 Å². The number of methoxy groups -OCH3 is 1. The Balaban J connectivity index is 1.31. The molecule has 2 aromatic carbocycles. The van der Waals surface area contributed by atoms with Crippen LogP contribution in [0.25, 0.3) is 0 Å².